The monoisotopic (exact) mass is 345 g/mol. The van der Waals surface area contributed by atoms with Gasteiger partial charge in [0.15, 0.2) is 0 Å². The quantitative estimate of drug-likeness (QED) is 0.590. The van der Waals surface area contributed by atoms with Crippen molar-refractivity contribution in [3.63, 3.8) is 0 Å². The van der Waals surface area contributed by atoms with Gasteiger partial charge in [-0.2, -0.15) is 0 Å². The highest BCUT2D eigenvalue weighted by atomic mass is 16.5. The smallest absolute Gasteiger partial charge is 0.335 e. The van der Waals surface area contributed by atoms with Gasteiger partial charge in [-0.25, -0.2) is 9.69 Å². The molecule has 2 aliphatic heterocycles. The molecule has 2 heterocycles. The van der Waals surface area contributed by atoms with Crippen molar-refractivity contribution in [1.29, 1.82) is 0 Å². The minimum atomic E-state index is -0.979. The number of benzene rings is 1. The van der Waals surface area contributed by atoms with E-state index in [0.717, 1.165) is 23.3 Å². The fourth-order valence-corrected chi connectivity index (χ4v) is 2.83. The number of nitrogens with one attached hydrogen (secondary N) is 1. The van der Waals surface area contributed by atoms with Crippen LogP contribution in [-0.4, -0.2) is 59.4 Å². The molecule has 8 heteroatoms. The molecule has 0 aromatic heterocycles. The third-order valence-corrected chi connectivity index (χ3v) is 4.17. The van der Waals surface area contributed by atoms with E-state index in [4.69, 9.17) is 4.74 Å². The Kier molecular flexibility index (Phi) is 5.08. The molecule has 2 saturated heterocycles. The van der Waals surface area contributed by atoms with Gasteiger partial charge in [0.2, 0.25) is 5.91 Å². The highest BCUT2D eigenvalue weighted by Crippen LogP contribution is 2.16. The maximum Gasteiger partial charge on any atom is 0.335 e. The number of imide groups is 2. The number of carbonyl (C=O) groups excluding carboxylic acids is 4. The summed E-state index contributed by atoms with van der Waals surface area (Å²) in [4.78, 5) is 49.9. The van der Waals surface area contributed by atoms with E-state index in [-0.39, 0.29) is 12.6 Å². The van der Waals surface area contributed by atoms with Crippen LogP contribution < -0.4 is 5.32 Å². The number of rotatable bonds is 6. The van der Waals surface area contributed by atoms with Gasteiger partial charge in [-0.15, -0.1) is 0 Å². The normalized spacial score (nSPS) is 20.5. The summed E-state index contributed by atoms with van der Waals surface area (Å²) < 4.78 is 5.39. The van der Waals surface area contributed by atoms with E-state index in [0.29, 0.717) is 18.1 Å². The highest BCUT2D eigenvalue weighted by Gasteiger charge is 2.45. The molecule has 132 valence electrons. The molecule has 5 amide bonds. The molecular formula is C17H19N3O5. The molecule has 1 aromatic carbocycles. The zero-order chi connectivity index (χ0) is 17.8. The van der Waals surface area contributed by atoms with Crippen LogP contribution in [-0.2, 0) is 25.7 Å². The Morgan fingerprint density at radius 2 is 1.84 bits per heavy atom. The summed E-state index contributed by atoms with van der Waals surface area (Å²) in [6, 6.07) is 8.10. The molecule has 2 aliphatic rings. The van der Waals surface area contributed by atoms with E-state index in [1.807, 2.05) is 6.07 Å². The Hall–Kier alpha value is -2.74. The lowest BCUT2D eigenvalue weighted by molar-refractivity contribution is -0.144. The molecule has 0 saturated carbocycles. The van der Waals surface area contributed by atoms with Crippen molar-refractivity contribution in [2.24, 2.45) is 0 Å². The van der Waals surface area contributed by atoms with Gasteiger partial charge in [-0.3, -0.25) is 19.3 Å². The zero-order valence-corrected chi connectivity index (χ0v) is 13.6. The van der Waals surface area contributed by atoms with Crippen LogP contribution in [0.5, 0.6) is 0 Å². The maximum absolute atomic E-state index is 12.3. The average Bonchev–Trinajstić information content (AvgIpc) is 3.20. The fraction of sp³-hybridized carbons (Fsp3) is 0.412. The Morgan fingerprint density at radius 1 is 1.12 bits per heavy atom. The molecule has 1 aromatic rings. The minimum Gasteiger partial charge on any atom is -0.376 e. The number of hydrogen-bond donors (Lipinski definition) is 1. The molecule has 25 heavy (non-hydrogen) atoms. The molecule has 0 radical (unpaired) electrons. The molecule has 0 bridgehead atoms. The Bertz CT molecular complexity index is 685. The molecule has 1 atom stereocenters. The Morgan fingerprint density at radius 3 is 2.52 bits per heavy atom. The number of urea groups is 1. The molecule has 3 rings (SSSR count). The number of nitrogens with zero attached hydrogens (tertiary/aromatic N) is 2. The van der Waals surface area contributed by atoms with Gasteiger partial charge >= 0.3 is 17.8 Å². The molecule has 0 spiro atoms. The van der Waals surface area contributed by atoms with Gasteiger partial charge in [0.05, 0.1) is 12.6 Å². The fourth-order valence-electron chi connectivity index (χ4n) is 2.83. The Labute approximate surface area is 144 Å². The van der Waals surface area contributed by atoms with Crippen molar-refractivity contribution in [2.75, 3.05) is 19.7 Å². The van der Waals surface area contributed by atoms with Gasteiger partial charge in [0.25, 0.3) is 0 Å². The molecule has 1 unspecified atom stereocenters. The van der Waals surface area contributed by atoms with Crippen LogP contribution in [0, 0.1) is 0 Å². The third kappa shape index (κ3) is 3.85. The van der Waals surface area contributed by atoms with Crippen molar-refractivity contribution < 1.29 is 23.9 Å². The van der Waals surface area contributed by atoms with Crippen LogP contribution in [0.4, 0.5) is 4.79 Å². The van der Waals surface area contributed by atoms with Crippen molar-refractivity contribution >= 4 is 23.8 Å². The summed E-state index contributed by atoms with van der Waals surface area (Å²) in [6.45, 7) is 0.531. The van der Waals surface area contributed by atoms with Crippen LogP contribution in [0.15, 0.2) is 30.3 Å². The van der Waals surface area contributed by atoms with E-state index in [1.54, 1.807) is 24.3 Å². The first-order valence-electron chi connectivity index (χ1n) is 8.16. The van der Waals surface area contributed by atoms with Crippen LogP contribution in [0.1, 0.15) is 18.4 Å². The maximum atomic E-state index is 12.3. The standard InChI is InChI=1S/C17H19N3O5/c21-14(18-9-13-7-4-8-25-13)11-20-16(23)15(22)19(17(20)24)10-12-5-2-1-3-6-12/h1-3,5-6,13H,4,7-11H2,(H,18,21). The summed E-state index contributed by atoms with van der Waals surface area (Å²) in [7, 11) is 0. The van der Waals surface area contributed by atoms with Gasteiger partial charge in [-0.1, -0.05) is 30.3 Å². The first-order chi connectivity index (χ1) is 12.1. The number of hydrogen-bond acceptors (Lipinski definition) is 5. The van der Waals surface area contributed by atoms with Crippen molar-refractivity contribution in [2.45, 2.75) is 25.5 Å². The third-order valence-electron chi connectivity index (χ3n) is 4.17. The summed E-state index contributed by atoms with van der Waals surface area (Å²) in [6.07, 6.45) is 1.78. The summed E-state index contributed by atoms with van der Waals surface area (Å²) in [5.41, 5.74) is 0.724. The van der Waals surface area contributed by atoms with E-state index in [1.165, 1.54) is 0 Å². The Balaban J connectivity index is 1.58. The molecule has 0 aliphatic carbocycles. The predicted octanol–water partition coefficient (Wildman–Crippen LogP) is 0.273. The van der Waals surface area contributed by atoms with Gasteiger partial charge in [0.1, 0.15) is 6.54 Å². The van der Waals surface area contributed by atoms with E-state index < -0.39 is 30.3 Å². The minimum absolute atomic E-state index is 0.00171. The average molecular weight is 345 g/mol. The molecule has 8 nitrogen and oxygen atoms in total. The lowest BCUT2D eigenvalue weighted by atomic mass is 10.2. The first-order valence-corrected chi connectivity index (χ1v) is 8.16. The SMILES string of the molecule is O=C(CN1C(=O)C(=O)N(Cc2ccccc2)C1=O)NCC1CCCO1. The second-order valence-electron chi connectivity index (χ2n) is 5.99. The predicted molar refractivity (Wildman–Crippen MR) is 86.1 cm³/mol. The second kappa shape index (κ2) is 7.43. The highest BCUT2D eigenvalue weighted by molar-refractivity contribution is 6.44. The number of amides is 5. The van der Waals surface area contributed by atoms with Crippen molar-refractivity contribution in [3.8, 4) is 0 Å². The van der Waals surface area contributed by atoms with E-state index in [2.05, 4.69) is 5.32 Å². The van der Waals surface area contributed by atoms with Crippen LogP contribution >= 0.6 is 0 Å². The topological polar surface area (TPSA) is 96.0 Å². The van der Waals surface area contributed by atoms with Crippen LogP contribution in [0.3, 0.4) is 0 Å². The number of carbonyl (C=O) groups is 4. The summed E-state index contributed by atoms with van der Waals surface area (Å²) >= 11 is 0. The summed E-state index contributed by atoms with van der Waals surface area (Å²) in [5, 5.41) is 2.63. The van der Waals surface area contributed by atoms with Gasteiger partial charge in [-0.05, 0) is 18.4 Å². The summed E-state index contributed by atoms with van der Waals surface area (Å²) in [5.74, 6) is -2.39. The van der Waals surface area contributed by atoms with E-state index in [9.17, 15) is 19.2 Å². The van der Waals surface area contributed by atoms with Crippen LogP contribution in [0.25, 0.3) is 0 Å². The molecular weight excluding hydrogens is 326 g/mol. The first kappa shape index (κ1) is 17.1. The van der Waals surface area contributed by atoms with Crippen molar-refractivity contribution in [1.82, 2.24) is 15.1 Å². The van der Waals surface area contributed by atoms with E-state index >= 15 is 0 Å². The number of ether oxygens (including phenoxy) is 1. The van der Waals surface area contributed by atoms with Gasteiger partial charge in [0, 0.05) is 13.2 Å². The van der Waals surface area contributed by atoms with Crippen LogP contribution in [0.2, 0.25) is 0 Å². The van der Waals surface area contributed by atoms with Crippen molar-refractivity contribution in [3.05, 3.63) is 35.9 Å². The lowest BCUT2D eigenvalue weighted by Crippen LogP contribution is -2.43. The second-order valence-corrected chi connectivity index (χ2v) is 5.99. The zero-order valence-electron chi connectivity index (χ0n) is 13.6. The van der Waals surface area contributed by atoms with Gasteiger partial charge < -0.3 is 10.1 Å². The molecule has 2 fully saturated rings. The molecule has 1 N–H and O–H groups in total. The lowest BCUT2D eigenvalue weighted by Gasteiger charge is -2.16. The largest absolute Gasteiger partial charge is 0.376 e.